The second-order valence-electron chi connectivity index (χ2n) is 3.23. The Balaban J connectivity index is 2.44. The number of hydrogen-bond donors (Lipinski definition) is 1. The van der Waals surface area contributed by atoms with Crippen molar-refractivity contribution in [3.8, 4) is 11.5 Å². The Morgan fingerprint density at radius 1 is 1.50 bits per heavy atom. The molecule has 0 spiro atoms. The molecular weight excluding hydrogens is 234 g/mol. The van der Waals surface area contributed by atoms with Crippen LogP contribution in [0.1, 0.15) is 15.9 Å². The van der Waals surface area contributed by atoms with E-state index in [9.17, 15) is 4.79 Å². The van der Waals surface area contributed by atoms with Crippen molar-refractivity contribution < 1.29 is 19.1 Å². The zero-order valence-corrected chi connectivity index (χ0v) is 9.12. The van der Waals surface area contributed by atoms with Crippen molar-refractivity contribution in [2.75, 3.05) is 13.4 Å². The Morgan fingerprint density at radius 3 is 2.94 bits per heavy atom. The highest BCUT2D eigenvalue weighted by atomic mass is 35.5. The van der Waals surface area contributed by atoms with Crippen LogP contribution in [0.3, 0.4) is 0 Å². The first-order chi connectivity index (χ1) is 7.77. The number of nitrogens with two attached hydrogens (primary N) is 1. The van der Waals surface area contributed by atoms with Gasteiger partial charge >= 0.3 is 0 Å². The van der Waals surface area contributed by atoms with E-state index < -0.39 is 0 Å². The largest absolute Gasteiger partial charge is 0.453 e. The van der Waals surface area contributed by atoms with E-state index in [2.05, 4.69) is 4.84 Å². The highest BCUT2D eigenvalue weighted by Crippen LogP contribution is 2.42. The molecule has 86 valence electrons. The normalized spacial score (nSPS) is 12.9. The molecule has 5 nitrogen and oxygen atoms in total. The van der Waals surface area contributed by atoms with Crippen molar-refractivity contribution in [2.45, 2.75) is 6.42 Å². The quantitative estimate of drug-likeness (QED) is 0.638. The molecule has 0 atom stereocenters. The highest BCUT2D eigenvalue weighted by molar-refractivity contribution is 6.33. The molecule has 1 aromatic rings. The summed E-state index contributed by atoms with van der Waals surface area (Å²) in [4.78, 5) is 15.3. The van der Waals surface area contributed by atoms with E-state index in [1.165, 1.54) is 0 Å². The predicted molar refractivity (Wildman–Crippen MR) is 56.8 cm³/mol. The Bertz CT molecular complexity index is 422. The first-order valence-electron chi connectivity index (χ1n) is 4.65. The topological polar surface area (TPSA) is 70.8 Å². The standard InChI is InChI=1S/C10H10ClNO4/c11-8-3-6(1-2-16-12)9-10(7(8)4-13)15-5-14-9/h3-4H,1-2,5,12H2. The Labute approximate surface area is 97.0 Å². The molecule has 1 aliphatic rings. The van der Waals surface area contributed by atoms with Crippen LogP contribution in [0, 0.1) is 0 Å². The minimum absolute atomic E-state index is 0.0903. The average molecular weight is 244 g/mol. The van der Waals surface area contributed by atoms with E-state index in [1.54, 1.807) is 6.07 Å². The number of carbonyl (C=O) groups excluding carboxylic acids is 1. The number of benzene rings is 1. The summed E-state index contributed by atoms with van der Waals surface area (Å²) in [6, 6.07) is 1.66. The second kappa shape index (κ2) is 4.69. The van der Waals surface area contributed by atoms with Crippen LogP contribution < -0.4 is 15.4 Å². The molecule has 1 heterocycles. The van der Waals surface area contributed by atoms with Gasteiger partial charge in [0, 0.05) is 12.0 Å². The average Bonchev–Trinajstić information content (AvgIpc) is 2.75. The maximum Gasteiger partial charge on any atom is 0.231 e. The third-order valence-electron chi connectivity index (χ3n) is 2.31. The second-order valence-corrected chi connectivity index (χ2v) is 3.64. The van der Waals surface area contributed by atoms with E-state index in [1.807, 2.05) is 0 Å². The molecule has 16 heavy (non-hydrogen) atoms. The minimum atomic E-state index is 0.0903. The van der Waals surface area contributed by atoms with Gasteiger partial charge < -0.3 is 14.3 Å². The van der Waals surface area contributed by atoms with Gasteiger partial charge in [0.25, 0.3) is 0 Å². The van der Waals surface area contributed by atoms with Gasteiger partial charge in [0.1, 0.15) is 0 Å². The summed E-state index contributed by atoms with van der Waals surface area (Å²) in [5.74, 6) is 5.90. The van der Waals surface area contributed by atoms with E-state index in [0.29, 0.717) is 41.4 Å². The molecular formula is C10H10ClNO4. The predicted octanol–water partition coefficient (Wildman–Crippen LogP) is 1.31. The Morgan fingerprint density at radius 2 is 2.25 bits per heavy atom. The zero-order valence-electron chi connectivity index (χ0n) is 8.36. The van der Waals surface area contributed by atoms with Gasteiger partial charge in [0.15, 0.2) is 17.8 Å². The van der Waals surface area contributed by atoms with Crippen LogP contribution in [0.2, 0.25) is 5.02 Å². The molecule has 0 fully saturated rings. The van der Waals surface area contributed by atoms with Crippen molar-refractivity contribution in [3.63, 3.8) is 0 Å². The summed E-state index contributed by atoms with van der Waals surface area (Å²) in [7, 11) is 0. The third-order valence-corrected chi connectivity index (χ3v) is 2.63. The number of rotatable bonds is 4. The minimum Gasteiger partial charge on any atom is -0.453 e. The molecule has 0 amide bonds. The number of carbonyl (C=O) groups is 1. The van der Waals surface area contributed by atoms with E-state index in [4.69, 9.17) is 27.0 Å². The SMILES string of the molecule is NOCCc1cc(Cl)c(C=O)c2c1OCO2. The molecule has 0 aromatic heterocycles. The van der Waals surface area contributed by atoms with Gasteiger partial charge in [0.05, 0.1) is 17.2 Å². The maximum atomic E-state index is 10.8. The highest BCUT2D eigenvalue weighted by Gasteiger charge is 2.24. The van der Waals surface area contributed by atoms with Gasteiger partial charge in [-0.1, -0.05) is 11.6 Å². The summed E-state index contributed by atoms with van der Waals surface area (Å²) < 4.78 is 10.5. The van der Waals surface area contributed by atoms with Crippen LogP contribution >= 0.6 is 11.6 Å². The van der Waals surface area contributed by atoms with Crippen LogP contribution in [0.4, 0.5) is 0 Å². The van der Waals surface area contributed by atoms with Crippen LogP contribution in [-0.2, 0) is 11.3 Å². The molecule has 0 bridgehead atoms. The molecule has 0 saturated heterocycles. The fourth-order valence-corrected chi connectivity index (χ4v) is 1.85. The number of aldehydes is 1. The number of hydrogen-bond acceptors (Lipinski definition) is 5. The number of halogens is 1. The molecule has 2 N–H and O–H groups in total. The zero-order chi connectivity index (χ0) is 11.5. The lowest BCUT2D eigenvalue weighted by Gasteiger charge is -2.08. The van der Waals surface area contributed by atoms with Crippen molar-refractivity contribution in [2.24, 2.45) is 5.90 Å². The van der Waals surface area contributed by atoms with Gasteiger partial charge in [-0.15, -0.1) is 0 Å². The van der Waals surface area contributed by atoms with Crippen molar-refractivity contribution >= 4 is 17.9 Å². The van der Waals surface area contributed by atoms with E-state index in [-0.39, 0.29) is 6.79 Å². The van der Waals surface area contributed by atoms with E-state index >= 15 is 0 Å². The van der Waals surface area contributed by atoms with E-state index in [0.717, 1.165) is 5.56 Å². The molecule has 2 rings (SSSR count). The van der Waals surface area contributed by atoms with Crippen LogP contribution in [0.15, 0.2) is 6.07 Å². The summed E-state index contributed by atoms with van der Waals surface area (Å²) in [5.41, 5.74) is 1.13. The lowest BCUT2D eigenvalue weighted by molar-refractivity contribution is 0.111. The molecule has 1 aliphatic heterocycles. The first kappa shape index (κ1) is 11.2. The van der Waals surface area contributed by atoms with Crippen molar-refractivity contribution in [3.05, 3.63) is 22.2 Å². The van der Waals surface area contributed by atoms with Gasteiger partial charge in [-0.2, -0.15) is 0 Å². The molecule has 0 saturated carbocycles. The molecule has 0 aliphatic carbocycles. The third kappa shape index (κ3) is 1.84. The van der Waals surface area contributed by atoms with Crippen molar-refractivity contribution in [1.82, 2.24) is 0 Å². The maximum absolute atomic E-state index is 10.8. The lowest BCUT2D eigenvalue weighted by Crippen LogP contribution is -2.04. The Kier molecular flexibility index (Phi) is 3.28. The van der Waals surface area contributed by atoms with Gasteiger partial charge in [-0.25, -0.2) is 5.90 Å². The first-order valence-corrected chi connectivity index (χ1v) is 5.03. The summed E-state index contributed by atoms with van der Waals surface area (Å²) in [6.45, 7) is 0.430. The van der Waals surface area contributed by atoms with Gasteiger partial charge in [-0.3, -0.25) is 4.79 Å². The summed E-state index contributed by atoms with van der Waals surface area (Å²) in [5, 5.41) is 0.339. The number of fused-ring (bicyclic) bond motifs is 1. The van der Waals surface area contributed by atoms with Crippen LogP contribution in [0.25, 0.3) is 0 Å². The van der Waals surface area contributed by atoms with Crippen molar-refractivity contribution in [1.29, 1.82) is 0 Å². The van der Waals surface area contributed by atoms with Gasteiger partial charge in [0.2, 0.25) is 6.79 Å². The lowest BCUT2D eigenvalue weighted by atomic mass is 10.1. The van der Waals surface area contributed by atoms with Crippen LogP contribution in [0.5, 0.6) is 11.5 Å². The fraction of sp³-hybridized carbons (Fsp3) is 0.300. The smallest absolute Gasteiger partial charge is 0.231 e. The molecule has 1 aromatic carbocycles. The van der Waals surface area contributed by atoms with Crippen LogP contribution in [-0.4, -0.2) is 19.7 Å². The Hall–Kier alpha value is -1.30. The fourth-order valence-electron chi connectivity index (χ4n) is 1.59. The molecule has 6 heteroatoms. The monoisotopic (exact) mass is 243 g/mol. The number of ether oxygens (including phenoxy) is 2. The molecule has 0 unspecified atom stereocenters. The summed E-state index contributed by atoms with van der Waals surface area (Å²) in [6.07, 6.45) is 1.19. The summed E-state index contributed by atoms with van der Waals surface area (Å²) >= 11 is 5.95. The molecule has 0 radical (unpaired) electrons. The van der Waals surface area contributed by atoms with Gasteiger partial charge in [-0.05, 0) is 6.07 Å².